The van der Waals surface area contributed by atoms with E-state index >= 15 is 0 Å². The van der Waals surface area contributed by atoms with E-state index in [0.717, 1.165) is 0 Å². The number of ether oxygens (including phenoxy) is 1. The number of hydrogen-bond donors (Lipinski definition) is 0. The molecule has 0 aliphatic heterocycles. The Morgan fingerprint density at radius 1 is 1.27 bits per heavy atom. The highest BCUT2D eigenvalue weighted by Gasteiger charge is 2.15. The third-order valence-electron chi connectivity index (χ3n) is 3.27. The van der Waals surface area contributed by atoms with E-state index in [-0.39, 0.29) is 11.4 Å². The minimum atomic E-state index is -0.185. The van der Waals surface area contributed by atoms with Crippen molar-refractivity contribution in [1.29, 1.82) is 0 Å². The maximum atomic E-state index is 12.8. The van der Waals surface area contributed by atoms with Crippen LogP contribution in [0, 0.1) is 0 Å². The molecule has 0 amide bonds. The second-order valence-corrected chi connectivity index (χ2v) is 4.86. The zero-order valence-corrected chi connectivity index (χ0v) is 12.7. The van der Waals surface area contributed by atoms with Gasteiger partial charge in [0.05, 0.1) is 35.3 Å². The molecule has 3 rings (SSSR count). The number of para-hydroxylation sites is 2. The molecule has 0 aliphatic rings. The summed E-state index contributed by atoms with van der Waals surface area (Å²) >= 11 is 6.00. The molecule has 0 spiro atoms. The summed E-state index contributed by atoms with van der Waals surface area (Å²) in [6.07, 6.45) is 3.14. The first-order chi connectivity index (χ1) is 10.8. The molecule has 0 aliphatic carbocycles. The SMILES string of the molecule is CCOc1ccccc1-n1c(CCl)nc2cnccc2c1=O. The monoisotopic (exact) mass is 315 g/mol. The van der Waals surface area contributed by atoms with Crippen molar-refractivity contribution in [2.24, 2.45) is 0 Å². The molecule has 5 nitrogen and oxygen atoms in total. The first kappa shape index (κ1) is 14.5. The Kier molecular flexibility index (Phi) is 4.06. The van der Waals surface area contributed by atoms with Gasteiger partial charge in [-0.3, -0.25) is 14.3 Å². The standard InChI is InChI=1S/C16H14ClN3O2/c1-2-22-14-6-4-3-5-13(14)20-15(9-17)19-12-10-18-8-7-11(12)16(20)21/h3-8,10H,2,9H2,1H3. The molecule has 2 aromatic heterocycles. The predicted octanol–water partition coefficient (Wildman–Crippen LogP) is 2.92. The molecule has 0 unspecified atom stereocenters. The van der Waals surface area contributed by atoms with Crippen molar-refractivity contribution < 1.29 is 4.74 Å². The molecule has 1 aromatic carbocycles. The third-order valence-corrected chi connectivity index (χ3v) is 3.51. The van der Waals surface area contributed by atoms with Crippen LogP contribution in [-0.2, 0) is 5.88 Å². The summed E-state index contributed by atoms with van der Waals surface area (Å²) in [5, 5.41) is 0.496. The zero-order valence-electron chi connectivity index (χ0n) is 12.0. The first-order valence-electron chi connectivity index (χ1n) is 6.90. The van der Waals surface area contributed by atoms with Crippen molar-refractivity contribution >= 4 is 22.5 Å². The Bertz CT molecular complexity index is 877. The normalized spacial score (nSPS) is 10.8. The van der Waals surface area contributed by atoms with Gasteiger partial charge in [0.2, 0.25) is 0 Å². The van der Waals surface area contributed by atoms with E-state index < -0.39 is 0 Å². The van der Waals surface area contributed by atoms with Crippen molar-refractivity contribution in [3.05, 3.63) is 58.9 Å². The topological polar surface area (TPSA) is 57.0 Å². The van der Waals surface area contributed by atoms with Crippen LogP contribution in [0.25, 0.3) is 16.6 Å². The van der Waals surface area contributed by atoms with Gasteiger partial charge in [0.1, 0.15) is 11.6 Å². The van der Waals surface area contributed by atoms with Crippen molar-refractivity contribution in [3.63, 3.8) is 0 Å². The van der Waals surface area contributed by atoms with E-state index in [9.17, 15) is 4.79 Å². The molecule has 22 heavy (non-hydrogen) atoms. The quantitative estimate of drug-likeness (QED) is 0.695. The van der Waals surface area contributed by atoms with Gasteiger partial charge in [0.25, 0.3) is 5.56 Å². The van der Waals surface area contributed by atoms with Gasteiger partial charge < -0.3 is 4.74 Å². The predicted molar refractivity (Wildman–Crippen MR) is 85.9 cm³/mol. The summed E-state index contributed by atoms with van der Waals surface area (Å²) in [5.41, 5.74) is 0.986. The molecule has 0 saturated carbocycles. The number of alkyl halides is 1. The minimum Gasteiger partial charge on any atom is -0.492 e. The van der Waals surface area contributed by atoms with Crippen LogP contribution in [0.2, 0.25) is 0 Å². The van der Waals surface area contributed by atoms with Crippen LogP contribution in [0.3, 0.4) is 0 Å². The smallest absolute Gasteiger partial charge is 0.266 e. The molecule has 112 valence electrons. The van der Waals surface area contributed by atoms with Gasteiger partial charge in [-0.25, -0.2) is 4.98 Å². The lowest BCUT2D eigenvalue weighted by molar-refractivity contribution is 0.338. The largest absolute Gasteiger partial charge is 0.492 e. The minimum absolute atomic E-state index is 0.112. The van der Waals surface area contributed by atoms with Gasteiger partial charge in [-0.1, -0.05) is 12.1 Å². The van der Waals surface area contributed by atoms with Crippen LogP contribution in [0.1, 0.15) is 12.7 Å². The fraction of sp³-hybridized carbons (Fsp3) is 0.188. The van der Waals surface area contributed by atoms with E-state index in [0.29, 0.717) is 34.8 Å². The fourth-order valence-corrected chi connectivity index (χ4v) is 2.52. The first-order valence-corrected chi connectivity index (χ1v) is 7.43. The van der Waals surface area contributed by atoms with Gasteiger partial charge in [0, 0.05) is 6.20 Å². The Labute approximate surface area is 132 Å². The number of fused-ring (bicyclic) bond motifs is 1. The van der Waals surface area contributed by atoms with Crippen LogP contribution in [0.15, 0.2) is 47.5 Å². The summed E-state index contributed by atoms with van der Waals surface area (Å²) < 4.78 is 7.12. The highest BCUT2D eigenvalue weighted by molar-refractivity contribution is 6.16. The zero-order chi connectivity index (χ0) is 15.5. The Morgan fingerprint density at radius 2 is 2.09 bits per heavy atom. The average Bonchev–Trinajstić information content (AvgIpc) is 2.56. The highest BCUT2D eigenvalue weighted by Crippen LogP contribution is 2.23. The number of halogens is 1. The number of nitrogens with zero attached hydrogens (tertiary/aromatic N) is 3. The number of aromatic nitrogens is 3. The summed E-state index contributed by atoms with van der Waals surface area (Å²) in [7, 11) is 0. The lowest BCUT2D eigenvalue weighted by atomic mass is 10.2. The van der Waals surface area contributed by atoms with Crippen LogP contribution >= 0.6 is 11.6 Å². The van der Waals surface area contributed by atoms with E-state index in [4.69, 9.17) is 16.3 Å². The van der Waals surface area contributed by atoms with Gasteiger partial charge >= 0.3 is 0 Å². The van der Waals surface area contributed by atoms with Crippen LogP contribution < -0.4 is 10.3 Å². The summed E-state index contributed by atoms with van der Waals surface area (Å²) in [6.45, 7) is 2.40. The van der Waals surface area contributed by atoms with Crippen LogP contribution in [-0.4, -0.2) is 21.1 Å². The number of benzene rings is 1. The Hall–Kier alpha value is -2.40. The second kappa shape index (κ2) is 6.15. The molecule has 0 radical (unpaired) electrons. The lowest BCUT2D eigenvalue weighted by Gasteiger charge is -2.15. The molecular weight excluding hydrogens is 302 g/mol. The van der Waals surface area contributed by atoms with E-state index in [2.05, 4.69) is 9.97 Å². The summed E-state index contributed by atoms with van der Waals surface area (Å²) in [5.74, 6) is 1.19. The molecule has 0 atom stereocenters. The molecule has 0 fully saturated rings. The van der Waals surface area contributed by atoms with E-state index in [1.54, 1.807) is 18.5 Å². The molecule has 6 heteroatoms. The summed E-state index contributed by atoms with van der Waals surface area (Å²) in [6, 6.07) is 9.00. The third kappa shape index (κ3) is 2.44. The maximum absolute atomic E-state index is 12.8. The van der Waals surface area contributed by atoms with Crippen molar-refractivity contribution in [1.82, 2.24) is 14.5 Å². The molecule has 0 bridgehead atoms. The Balaban J connectivity index is 2.35. The molecule has 0 saturated heterocycles. The van der Waals surface area contributed by atoms with Gasteiger partial charge in [-0.05, 0) is 25.1 Å². The van der Waals surface area contributed by atoms with Crippen molar-refractivity contribution in [2.75, 3.05) is 6.61 Å². The maximum Gasteiger partial charge on any atom is 0.266 e. The van der Waals surface area contributed by atoms with Gasteiger partial charge in [-0.15, -0.1) is 11.6 Å². The average molecular weight is 316 g/mol. The number of hydrogen-bond acceptors (Lipinski definition) is 4. The van der Waals surface area contributed by atoms with Gasteiger partial charge in [-0.2, -0.15) is 0 Å². The van der Waals surface area contributed by atoms with E-state index in [1.807, 2.05) is 31.2 Å². The molecular formula is C16H14ClN3O2. The fourth-order valence-electron chi connectivity index (χ4n) is 2.34. The Morgan fingerprint density at radius 3 is 2.86 bits per heavy atom. The lowest BCUT2D eigenvalue weighted by Crippen LogP contribution is -2.24. The van der Waals surface area contributed by atoms with Crippen LogP contribution in [0.5, 0.6) is 5.75 Å². The van der Waals surface area contributed by atoms with Gasteiger partial charge in [0.15, 0.2) is 0 Å². The summed E-state index contributed by atoms with van der Waals surface area (Å²) in [4.78, 5) is 21.3. The van der Waals surface area contributed by atoms with Crippen molar-refractivity contribution in [3.8, 4) is 11.4 Å². The number of pyridine rings is 1. The van der Waals surface area contributed by atoms with Crippen LogP contribution in [0.4, 0.5) is 0 Å². The molecule has 3 aromatic rings. The second-order valence-electron chi connectivity index (χ2n) is 4.60. The van der Waals surface area contributed by atoms with Crippen molar-refractivity contribution in [2.45, 2.75) is 12.8 Å². The molecule has 0 N–H and O–H groups in total. The number of rotatable bonds is 4. The highest BCUT2D eigenvalue weighted by atomic mass is 35.5. The van der Waals surface area contributed by atoms with E-state index in [1.165, 1.54) is 4.57 Å². The molecule has 2 heterocycles.